The lowest BCUT2D eigenvalue weighted by Gasteiger charge is -2.09. The first kappa shape index (κ1) is 14.7. The second kappa shape index (κ2) is 8.69. The van der Waals surface area contributed by atoms with Crippen LogP contribution in [-0.4, -0.2) is 36.3 Å². The Balaban J connectivity index is 2.41. The fourth-order valence-electron chi connectivity index (χ4n) is 1.38. The second-order valence-corrected chi connectivity index (χ2v) is 4.06. The highest BCUT2D eigenvalue weighted by atomic mass is 16.5. The van der Waals surface area contributed by atoms with Crippen molar-refractivity contribution in [2.24, 2.45) is 0 Å². The molecule has 0 saturated heterocycles. The van der Waals surface area contributed by atoms with Gasteiger partial charge in [-0.05, 0) is 19.8 Å². The summed E-state index contributed by atoms with van der Waals surface area (Å²) in [7, 11) is 0. The van der Waals surface area contributed by atoms with Crippen LogP contribution in [0.4, 0.5) is 5.95 Å². The van der Waals surface area contributed by atoms with Crippen LogP contribution in [0, 0.1) is 6.92 Å². The van der Waals surface area contributed by atoms with E-state index in [1.54, 1.807) is 0 Å². The molecule has 0 aliphatic rings. The van der Waals surface area contributed by atoms with E-state index in [-0.39, 0.29) is 0 Å². The third kappa shape index (κ3) is 5.82. The van der Waals surface area contributed by atoms with Gasteiger partial charge in [0.1, 0.15) is 6.61 Å². The van der Waals surface area contributed by atoms with Gasteiger partial charge in [0, 0.05) is 24.9 Å². The smallest absolute Gasteiger partial charge is 0.226 e. The molecule has 1 rings (SSSR count). The third-order valence-electron chi connectivity index (χ3n) is 2.19. The Morgan fingerprint density at radius 2 is 1.94 bits per heavy atom. The molecule has 0 amide bonds. The van der Waals surface area contributed by atoms with Crippen LogP contribution in [-0.2, 0) is 4.74 Å². The molecule has 0 aliphatic carbocycles. The zero-order valence-corrected chi connectivity index (χ0v) is 11.5. The SMILES string of the molecule is CCCNc1nc(C)cc(OCCOCCC)n1. The van der Waals surface area contributed by atoms with Crippen LogP contribution in [0.3, 0.4) is 0 Å². The van der Waals surface area contributed by atoms with Crippen molar-refractivity contribution < 1.29 is 9.47 Å². The number of nitrogens with zero attached hydrogens (tertiary/aromatic N) is 2. The molecule has 1 heterocycles. The maximum absolute atomic E-state index is 5.54. The van der Waals surface area contributed by atoms with Gasteiger partial charge in [0.2, 0.25) is 11.8 Å². The lowest BCUT2D eigenvalue weighted by molar-refractivity contribution is 0.0990. The van der Waals surface area contributed by atoms with Crippen molar-refractivity contribution in [3.05, 3.63) is 11.8 Å². The molecule has 0 radical (unpaired) electrons. The molecule has 1 aromatic heterocycles. The summed E-state index contributed by atoms with van der Waals surface area (Å²) < 4.78 is 10.9. The summed E-state index contributed by atoms with van der Waals surface area (Å²) in [5.74, 6) is 1.22. The second-order valence-electron chi connectivity index (χ2n) is 4.06. The Bertz CT molecular complexity index is 345. The Kier molecular flexibility index (Phi) is 7.10. The fraction of sp³-hybridized carbons (Fsp3) is 0.692. The number of hydrogen-bond donors (Lipinski definition) is 1. The Labute approximate surface area is 109 Å². The standard InChI is InChI=1S/C13H23N3O2/c1-4-6-14-13-15-11(3)10-12(16-13)18-9-8-17-7-5-2/h10H,4-9H2,1-3H3,(H,14,15,16). The number of aromatic nitrogens is 2. The van der Waals surface area contributed by atoms with E-state index in [1.807, 2.05) is 13.0 Å². The molecule has 0 unspecified atom stereocenters. The summed E-state index contributed by atoms with van der Waals surface area (Å²) in [5.41, 5.74) is 0.896. The van der Waals surface area contributed by atoms with E-state index in [4.69, 9.17) is 9.47 Å². The molecular formula is C13H23N3O2. The molecule has 0 aliphatic heterocycles. The summed E-state index contributed by atoms with van der Waals surface area (Å²) in [4.78, 5) is 8.58. The predicted molar refractivity (Wildman–Crippen MR) is 72.2 cm³/mol. The number of rotatable bonds is 9. The van der Waals surface area contributed by atoms with Gasteiger partial charge in [-0.15, -0.1) is 0 Å². The lowest BCUT2D eigenvalue weighted by Crippen LogP contribution is -2.10. The van der Waals surface area contributed by atoms with Crippen molar-refractivity contribution in [2.75, 3.05) is 31.7 Å². The first-order chi connectivity index (χ1) is 8.76. The minimum absolute atomic E-state index is 0.518. The van der Waals surface area contributed by atoms with E-state index >= 15 is 0 Å². The van der Waals surface area contributed by atoms with Gasteiger partial charge < -0.3 is 14.8 Å². The number of anilines is 1. The van der Waals surface area contributed by atoms with Crippen LogP contribution in [0.15, 0.2) is 6.07 Å². The van der Waals surface area contributed by atoms with Crippen LogP contribution in [0.1, 0.15) is 32.4 Å². The van der Waals surface area contributed by atoms with Gasteiger partial charge in [-0.1, -0.05) is 13.8 Å². The minimum atomic E-state index is 0.518. The lowest BCUT2D eigenvalue weighted by atomic mass is 10.4. The molecule has 0 fully saturated rings. The number of ether oxygens (including phenoxy) is 2. The summed E-state index contributed by atoms with van der Waals surface area (Å²) in [5, 5.41) is 3.15. The molecule has 5 nitrogen and oxygen atoms in total. The molecule has 0 atom stereocenters. The molecule has 0 aromatic carbocycles. The van der Waals surface area contributed by atoms with Gasteiger partial charge in [0.15, 0.2) is 0 Å². The highest BCUT2D eigenvalue weighted by Gasteiger charge is 2.02. The number of nitrogens with one attached hydrogen (secondary N) is 1. The maximum atomic E-state index is 5.54. The van der Waals surface area contributed by atoms with Gasteiger partial charge in [-0.2, -0.15) is 4.98 Å². The first-order valence-corrected chi connectivity index (χ1v) is 6.56. The van der Waals surface area contributed by atoms with Crippen molar-refractivity contribution in [3.63, 3.8) is 0 Å². The Morgan fingerprint density at radius 1 is 1.11 bits per heavy atom. The zero-order chi connectivity index (χ0) is 13.2. The van der Waals surface area contributed by atoms with E-state index in [9.17, 15) is 0 Å². The van der Waals surface area contributed by atoms with E-state index < -0.39 is 0 Å². The molecule has 1 aromatic rings. The fourth-order valence-corrected chi connectivity index (χ4v) is 1.38. The molecular weight excluding hydrogens is 230 g/mol. The van der Waals surface area contributed by atoms with Crippen LogP contribution < -0.4 is 10.1 Å². The average molecular weight is 253 g/mol. The molecule has 18 heavy (non-hydrogen) atoms. The summed E-state index contributed by atoms with van der Waals surface area (Å²) >= 11 is 0. The molecule has 0 spiro atoms. The zero-order valence-electron chi connectivity index (χ0n) is 11.5. The van der Waals surface area contributed by atoms with Crippen molar-refractivity contribution in [1.29, 1.82) is 0 Å². The maximum Gasteiger partial charge on any atom is 0.226 e. The molecule has 102 valence electrons. The molecule has 0 saturated carbocycles. The first-order valence-electron chi connectivity index (χ1n) is 6.56. The highest BCUT2D eigenvalue weighted by molar-refractivity contribution is 5.30. The topological polar surface area (TPSA) is 56.3 Å². The van der Waals surface area contributed by atoms with E-state index in [1.165, 1.54) is 0 Å². The van der Waals surface area contributed by atoms with Crippen LogP contribution in [0.2, 0.25) is 0 Å². The van der Waals surface area contributed by atoms with Gasteiger partial charge in [0.25, 0.3) is 0 Å². The Hall–Kier alpha value is -1.36. The van der Waals surface area contributed by atoms with Gasteiger partial charge in [-0.25, -0.2) is 4.98 Å². The van der Waals surface area contributed by atoms with Crippen molar-refractivity contribution in [1.82, 2.24) is 9.97 Å². The monoisotopic (exact) mass is 253 g/mol. The predicted octanol–water partition coefficient (Wildman–Crippen LogP) is 2.41. The van der Waals surface area contributed by atoms with Gasteiger partial charge in [-0.3, -0.25) is 0 Å². The van der Waals surface area contributed by atoms with E-state index in [2.05, 4.69) is 29.1 Å². The van der Waals surface area contributed by atoms with Crippen molar-refractivity contribution in [2.45, 2.75) is 33.6 Å². The van der Waals surface area contributed by atoms with Crippen molar-refractivity contribution >= 4 is 5.95 Å². The number of hydrogen-bond acceptors (Lipinski definition) is 5. The molecule has 1 N–H and O–H groups in total. The minimum Gasteiger partial charge on any atom is -0.475 e. The normalized spacial score (nSPS) is 10.4. The van der Waals surface area contributed by atoms with Crippen molar-refractivity contribution in [3.8, 4) is 5.88 Å². The summed E-state index contributed by atoms with van der Waals surface area (Å²) in [6, 6.07) is 1.83. The van der Waals surface area contributed by atoms with Crippen LogP contribution >= 0.6 is 0 Å². The van der Waals surface area contributed by atoms with Crippen LogP contribution in [0.5, 0.6) is 5.88 Å². The highest BCUT2D eigenvalue weighted by Crippen LogP contribution is 2.11. The third-order valence-corrected chi connectivity index (χ3v) is 2.19. The summed E-state index contributed by atoms with van der Waals surface area (Å²) in [6.07, 6.45) is 2.07. The Morgan fingerprint density at radius 3 is 2.67 bits per heavy atom. The average Bonchev–Trinajstić information content (AvgIpc) is 2.35. The van der Waals surface area contributed by atoms with Gasteiger partial charge in [0.05, 0.1) is 6.61 Å². The van der Waals surface area contributed by atoms with Crippen LogP contribution in [0.25, 0.3) is 0 Å². The molecule has 5 heteroatoms. The summed E-state index contributed by atoms with van der Waals surface area (Å²) in [6.45, 7) is 8.86. The van der Waals surface area contributed by atoms with E-state index in [0.29, 0.717) is 25.0 Å². The van der Waals surface area contributed by atoms with Gasteiger partial charge >= 0.3 is 0 Å². The largest absolute Gasteiger partial charge is 0.475 e. The quantitative estimate of drug-likeness (QED) is 0.685. The van der Waals surface area contributed by atoms with E-state index in [0.717, 1.165) is 31.7 Å². The number of aryl methyl sites for hydroxylation is 1. The molecule has 0 bridgehead atoms.